The van der Waals surface area contributed by atoms with E-state index >= 15 is 0 Å². The van der Waals surface area contributed by atoms with Crippen LogP contribution in [0.1, 0.15) is 18.7 Å². The number of benzene rings is 1. The van der Waals surface area contributed by atoms with E-state index in [9.17, 15) is 9.18 Å². The van der Waals surface area contributed by atoms with Crippen molar-refractivity contribution in [3.63, 3.8) is 0 Å². The first-order valence-corrected chi connectivity index (χ1v) is 8.28. The summed E-state index contributed by atoms with van der Waals surface area (Å²) >= 11 is 0. The van der Waals surface area contributed by atoms with Crippen molar-refractivity contribution in [1.82, 2.24) is 15.1 Å². The van der Waals surface area contributed by atoms with Crippen molar-refractivity contribution >= 4 is 5.91 Å². The number of rotatable bonds is 3. The molecule has 25 heavy (non-hydrogen) atoms. The number of carbonyl (C=O) groups is 1. The maximum absolute atomic E-state index is 13.3. The van der Waals surface area contributed by atoms with Crippen molar-refractivity contribution in [2.75, 3.05) is 26.3 Å². The van der Waals surface area contributed by atoms with Gasteiger partial charge in [0, 0.05) is 31.5 Å². The number of halogens is 1. The second-order valence-electron chi connectivity index (χ2n) is 6.18. The van der Waals surface area contributed by atoms with Crippen molar-refractivity contribution in [3.05, 3.63) is 36.0 Å². The van der Waals surface area contributed by atoms with Crippen LogP contribution in [0.5, 0.6) is 0 Å². The number of hydrogen-bond donors (Lipinski definition) is 0. The van der Waals surface area contributed by atoms with E-state index in [0.29, 0.717) is 44.7 Å². The first-order valence-electron chi connectivity index (χ1n) is 8.28. The minimum Gasteiger partial charge on any atom is -0.420 e. The summed E-state index contributed by atoms with van der Waals surface area (Å²) in [5.74, 6) is -0.550. The Kier molecular flexibility index (Phi) is 4.22. The normalized spacial score (nSPS) is 19.5. The summed E-state index contributed by atoms with van der Waals surface area (Å²) in [6.45, 7) is 2.37. The highest BCUT2D eigenvalue weighted by atomic mass is 19.1. The number of ether oxygens (including phenoxy) is 2. The van der Waals surface area contributed by atoms with Crippen LogP contribution in [-0.2, 0) is 20.7 Å². The van der Waals surface area contributed by atoms with Crippen LogP contribution in [0.15, 0.2) is 28.7 Å². The van der Waals surface area contributed by atoms with Gasteiger partial charge in [-0.25, -0.2) is 4.39 Å². The zero-order valence-corrected chi connectivity index (χ0v) is 13.6. The van der Waals surface area contributed by atoms with Crippen LogP contribution in [0, 0.1) is 5.82 Å². The lowest BCUT2D eigenvalue weighted by molar-refractivity contribution is -0.187. The molecule has 0 N–H and O–H groups in total. The Labute approximate surface area is 143 Å². The highest BCUT2D eigenvalue weighted by molar-refractivity contribution is 5.78. The molecule has 1 amide bonds. The van der Waals surface area contributed by atoms with E-state index in [-0.39, 0.29) is 29.9 Å². The molecular weight excluding hydrogens is 329 g/mol. The Bertz CT molecular complexity index is 763. The van der Waals surface area contributed by atoms with Gasteiger partial charge in [-0.05, 0) is 18.2 Å². The fourth-order valence-electron chi connectivity index (χ4n) is 3.19. The Morgan fingerprint density at radius 3 is 2.68 bits per heavy atom. The molecule has 0 radical (unpaired) electrons. The lowest BCUT2D eigenvalue weighted by Crippen LogP contribution is -2.47. The molecule has 1 aromatic carbocycles. The number of hydrogen-bond acceptors (Lipinski definition) is 6. The smallest absolute Gasteiger partial charge is 0.247 e. The van der Waals surface area contributed by atoms with Crippen molar-refractivity contribution in [2.24, 2.45) is 0 Å². The first kappa shape index (κ1) is 16.2. The monoisotopic (exact) mass is 347 g/mol. The summed E-state index contributed by atoms with van der Waals surface area (Å²) in [4.78, 5) is 14.2. The molecule has 7 nitrogen and oxygen atoms in total. The van der Waals surface area contributed by atoms with E-state index in [0.717, 1.165) is 0 Å². The zero-order chi connectivity index (χ0) is 17.3. The molecule has 0 saturated carbocycles. The molecule has 2 fully saturated rings. The van der Waals surface area contributed by atoms with Gasteiger partial charge in [-0.15, -0.1) is 10.2 Å². The molecular formula is C17H18FN3O4. The van der Waals surface area contributed by atoms with Gasteiger partial charge in [-0.3, -0.25) is 4.79 Å². The molecule has 2 aliphatic rings. The number of amides is 1. The quantitative estimate of drug-likeness (QED) is 0.842. The van der Waals surface area contributed by atoms with Crippen LogP contribution in [0.3, 0.4) is 0 Å². The molecule has 2 aromatic rings. The summed E-state index contributed by atoms with van der Waals surface area (Å²) < 4.78 is 30.1. The van der Waals surface area contributed by atoms with E-state index in [2.05, 4.69) is 10.2 Å². The molecule has 1 spiro atoms. The van der Waals surface area contributed by atoms with E-state index < -0.39 is 5.79 Å². The lowest BCUT2D eigenvalue weighted by Gasteiger charge is -2.37. The maximum Gasteiger partial charge on any atom is 0.247 e. The van der Waals surface area contributed by atoms with Crippen molar-refractivity contribution < 1.29 is 23.1 Å². The predicted molar refractivity (Wildman–Crippen MR) is 83.8 cm³/mol. The van der Waals surface area contributed by atoms with Gasteiger partial charge in [-0.1, -0.05) is 6.07 Å². The number of carbonyl (C=O) groups excluding carboxylic acids is 1. The Balaban J connectivity index is 1.37. The van der Waals surface area contributed by atoms with Crippen molar-refractivity contribution in [2.45, 2.75) is 25.0 Å². The van der Waals surface area contributed by atoms with Crippen LogP contribution in [-0.4, -0.2) is 53.1 Å². The van der Waals surface area contributed by atoms with Crippen LogP contribution >= 0.6 is 0 Å². The minimum atomic E-state index is -0.508. The van der Waals surface area contributed by atoms with Gasteiger partial charge in [0.15, 0.2) is 5.79 Å². The summed E-state index contributed by atoms with van der Waals surface area (Å²) in [6, 6.07) is 5.89. The van der Waals surface area contributed by atoms with Crippen LogP contribution in [0.2, 0.25) is 0 Å². The van der Waals surface area contributed by atoms with E-state index in [1.54, 1.807) is 17.0 Å². The maximum atomic E-state index is 13.3. The molecule has 2 aliphatic heterocycles. The average molecular weight is 347 g/mol. The van der Waals surface area contributed by atoms with Gasteiger partial charge in [0.2, 0.25) is 17.7 Å². The highest BCUT2D eigenvalue weighted by Crippen LogP contribution is 2.31. The zero-order valence-electron chi connectivity index (χ0n) is 13.6. The second kappa shape index (κ2) is 6.53. The molecule has 0 aliphatic carbocycles. The number of piperidine rings is 1. The fourth-order valence-corrected chi connectivity index (χ4v) is 3.19. The second-order valence-corrected chi connectivity index (χ2v) is 6.18. The van der Waals surface area contributed by atoms with Gasteiger partial charge in [-0.2, -0.15) is 0 Å². The molecule has 0 bridgehead atoms. The van der Waals surface area contributed by atoms with Gasteiger partial charge in [0.1, 0.15) is 12.2 Å². The van der Waals surface area contributed by atoms with Crippen LogP contribution in [0.25, 0.3) is 11.5 Å². The van der Waals surface area contributed by atoms with Crippen LogP contribution < -0.4 is 0 Å². The van der Waals surface area contributed by atoms with Gasteiger partial charge in [0.05, 0.1) is 13.2 Å². The third-order valence-electron chi connectivity index (χ3n) is 4.53. The topological polar surface area (TPSA) is 77.7 Å². The molecule has 8 heteroatoms. The first-order chi connectivity index (χ1) is 12.1. The molecule has 132 valence electrons. The molecule has 4 rings (SSSR count). The minimum absolute atomic E-state index is 0.0248. The van der Waals surface area contributed by atoms with E-state index in [1.165, 1.54) is 12.1 Å². The Morgan fingerprint density at radius 2 is 1.96 bits per heavy atom. The van der Waals surface area contributed by atoms with E-state index in [4.69, 9.17) is 13.9 Å². The van der Waals surface area contributed by atoms with Crippen molar-refractivity contribution in [3.8, 4) is 11.5 Å². The lowest BCUT2D eigenvalue weighted by atomic mass is 10.0. The molecule has 0 unspecified atom stereocenters. The third kappa shape index (κ3) is 3.40. The van der Waals surface area contributed by atoms with E-state index in [1.807, 2.05) is 0 Å². The van der Waals surface area contributed by atoms with Gasteiger partial charge < -0.3 is 18.8 Å². The summed E-state index contributed by atoms with van der Waals surface area (Å²) in [5.41, 5.74) is 0.488. The Morgan fingerprint density at radius 1 is 1.20 bits per heavy atom. The summed E-state index contributed by atoms with van der Waals surface area (Å²) in [5, 5.41) is 7.78. The largest absolute Gasteiger partial charge is 0.420 e. The molecule has 1 aromatic heterocycles. The third-order valence-corrected chi connectivity index (χ3v) is 4.53. The fraction of sp³-hybridized carbons (Fsp3) is 0.471. The SMILES string of the molecule is O=C(Cc1nnc(-c2cccc(F)c2)o1)N1CCC2(CC1)OCCO2. The van der Waals surface area contributed by atoms with Gasteiger partial charge in [0.25, 0.3) is 0 Å². The average Bonchev–Trinajstić information content (AvgIpc) is 3.26. The summed E-state index contributed by atoms with van der Waals surface area (Å²) in [6.07, 6.45) is 1.35. The predicted octanol–water partition coefficient (Wildman–Crippen LogP) is 1.78. The standard InChI is InChI=1S/C17H18FN3O4/c18-13-3-1-2-12(10-13)16-20-19-14(25-16)11-15(22)21-6-4-17(5-7-21)23-8-9-24-17/h1-3,10H,4-9,11H2. The molecule has 3 heterocycles. The van der Waals surface area contributed by atoms with Gasteiger partial charge >= 0.3 is 0 Å². The van der Waals surface area contributed by atoms with Crippen LogP contribution in [0.4, 0.5) is 4.39 Å². The number of likely N-dealkylation sites (tertiary alicyclic amines) is 1. The number of aromatic nitrogens is 2. The molecule has 2 saturated heterocycles. The highest BCUT2D eigenvalue weighted by Gasteiger charge is 2.40. The Hall–Kier alpha value is -2.32. The summed E-state index contributed by atoms with van der Waals surface area (Å²) in [7, 11) is 0. The number of nitrogens with zero attached hydrogens (tertiary/aromatic N) is 3. The molecule has 0 atom stereocenters. The van der Waals surface area contributed by atoms with Crippen molar-refractivity contribution in [1.29, 1.82) is 0 Å².